The van der Waals surface area contributed by atoms with Crippen LogP contribution in [0.4, 0.5) is 10.1 Å². The highest BCUT2D eigenvalue weighted by Gasteiger charge is 2.40. The zero-order valence-electron chi connectivity index (χ0n) is 16.5. The molecule has 0 bridgehead atoms. The summed E-state index contributed by atoms with van der Waals surface area (Å²) in [5.74, 6) is 0.400. The summed E-state index contributed by atoms with van der Waals surface area (Å²) in [7, 11) is 0. The summed E-state index contributed by atoms with van der Waals surface area (Å²) in [4.78, 5) is 27.8. The third kappa shape index (κ3) is 4.15. The second-order valence-electron chi connectivity index (χ2n) is 6.09. The number of hydrogen-bond donors (Lipinski definition) is 0. The van der Waals surface area contributed by atoms with E-state index in [1.54, 1.807) is 18.2 Å². The SMILES string of the molecule is CCOc1ccc(N2C(=O)C(SCC)=C(c3ccc(F)cc3)C2=O)cc1OCC. The molecule has 3 rings (SSSR count). The van der Waals surface area contributed by atoms with E-state index in [1.807, 2.05) is 20.8 Å². The van der Waals surface area contributed by atoms with Gasteiger partial charge in [0.05, 0.1) is 29.4 Å². The van der Waals surface area contributed by atoms with Gasteiger partial charge in [-0.15, -0.1) is 11.8 Å². The number of carbonyl (C=O) groups is 2. The Labute approximate surface area is 173 Å². The summed E-state index contributed by atoms with van der Waals surface area (Å²) in [5.41, 5.74) is 1.20. The molecule has 1 aliphatic heterocycles. The fourth-order valence-electron chi connectivity index (χ4n) is 3.07. The molecule has 0 aliphatic carbocycles. The minimum Gasteiger partial charge on any atom is -0.490 e. The lowest BCUT2D eigenvalue weighted by Gasteiger charge is -2.18. The number of carbonyl (C=O) groups excluding carboxylic acids is 2. The Hall–Kier alpha value is -2.80. The molecule has 0 spiro atoms. The first kappa shape index (κ1) is 20.9. The lowest BCUT2D eigenvalue weighted by atomic mass is 10.1. The number of rotatable bonds is 8. The van der Waals surface area contributed by atoms with Gasteiger partial charge in [0.2, 0.25) is 0 Å². The molecule has 7 heteroatoms. The van der Waals surface area contributed by atoms with Crippen LogP contribution in [0.3, 0.4) is 0 Å². The number of nitrogens with zero attached hydrogens (tertiary/aromatic N) is 1. The molecule has 1 heterocycles. The molecule has 5 nitrogen and oxygen atoms in total. The summed E-state index contributed by atoms with van der Waals surface area (Å²) in [6.45, 7) is 6.50. The van der Waals surface area contributed by atoms with E-state index in [1.165, 1.54) is 36.0 Å². The maximum absolute atomic E-state index is 13.3. The van der Waals surface area contributed by atoms with Crippen LogP contribution in [-0.2, 0) is 9.59 Å². The van der Waals surface area contributed by atoms with Gasteiger partial charge in [-0.25, -0.2) is 9.29 Å². The van der Waals surface area contributed by atoms with E-state index in [4.69, 9.17) is 9.47 Å². The van der Waals surface area contributed by atoms with Gasteiger partial charge >= 0.3 is 0 Å². The average Bonchev–Trinajstić information content (AvgIpc) is 2.95. The summed E-state index contributed by atoms with van der Waals surface area (Å²) in [5, 5.41) is 0. The maximum Gasteiger partial charge on any atom is 0.272 e. The van der Waals surface area contributed by atoms with E-state index >= 15 is 0 Å². The summed E-state index contributed by atoms with van der Waals surface area (Å²) < 4.78 is 24.5. The first-order valence-electron chi connectivity index (χ1n) is 9.43. The Bertz CT molecular complexity index is 956. The van der Waals surface area contributed by atoms with Crippen molar-refractivity contribution in [2.75, 3.05) is 23.9 Å². The minimum absolute atomic E-state index is 0.286. The molecule has 0 atom stereocenters. The van der Waals surface area contributed by atoms with Crippen LogP contribution >= 0.6 is 11.8 Å². The van der Waals surface area contributed by atoms with Gasteiger partial charge < -0.3 is 9.47 Å². The lowest BCUT2D eigenvalue weighted by Crippen LogP contribution is -2.31. The third-order valence-corrected chi connectivity index (χ3v) is 5.20. The van der Waals surface area contributed by atoms with Crippen molar-refractivity contribution in [2.24, 2.45) is 0 Å². The van der Waals surface area contributed by atoms with Crippen LogP contribution in [0.25, 0.3) is 5.57 Å². The molecule has 0 N–H and O–H groups in total. The fourth-order valence-corrected chi connectivity index (χ4v) is 3.93. The first-order valence-corrected chi connectivity index (χ1v) is 10.4. The normalized spacial score (nSPS) is 14.0. The fraction of sp³-hybridized carbons (Fsp3) is 0.273. The van der Waals surface area contributed by atoms with Gasteiger partial charge in [0, 0.05) is 6.07 Å². The average molecular weight is 415 g/mol. The summed E-state index contributed by atoms with van der Waals surface area (Å²) in [6, 6.07) is 10.6. The van der Waals surface area contributed by atoms with Crippen molar-refractivity contribution in [1.82, 2.24) is 0 Å². The van der Waals surface area contributed by atoms with Crippen LogP contribution in [0.15, 0.2) is 47.4 Å². The van der Waals surface area contributed by atoms with Gasteiger partial charge in [0.25, 0.3) is 11.8 Å². The number of thioether (sulfide) groups is 1. The van der Waals surface area contributed by atoms with Crippen molar-refractivity contribution >= 4 is 34.8 Å². The highest BCUT2D eigenvalue weighted by molar-refractivity contribution is 8.04. The monoisotopic (exact) mass is 415 g/mol. The Morgan fingerprint density at radius 2 is 1.55 bits per heavy atom. The largest absolute Gasteiger partial charge is 0.490 e. The maximum atomic E-state index is 13.3. The van der Waals surface area contributed by atoms with Gasteiger partial charge in [0.15, 0.2) is 11.5 Å². The van der Waals surface area contributed by atoms with Crippen LogP contribution in [-0.4, -0.2) is 30.8 Å². The smallest absolute Gasteiger partial charge is 0.272 e. The Balaban J connectivity index is 2.04. The highest BCUT2D eigenvalue weighted by Crippen LogP contribution is 2.40. The Morgan fingerprint density at radius 3 is 2.17 bits per heavy atom. The molecule has 0 fully saturated rings. The lowest BCUT2D eigenvalue weighted by molar-refractivity contribution is -0.119. The molecular weight excluding hydrogens is 393 g/mol. The summed E-state index contributed by atoms with van der Waals surface area (Å²) >= 11 is 1.30. The van der Waals surface area contributed by atoms with Gasteiger partial charge in [-0.05, 0) is 49.4 Å². The van der Waals surface area contributed by atoms with Gasteiger partial charge in [-0.1, -0.05) is 19.1 Å². The number of hydrogen-bond acceptors (Lipinski definition) is 5. The second-order valence-corrected chi connectivity index (χ2v) is 7.36. The zero-order chi connectivity index (χ0) is 21.0. The van der Waals surface area contributed by atoms with Crippen molar-refractivity contribution in [3.05, 3.63) is 58.8 Å². The molecule has 1 aliphatic rings. The molecule has 2 aromatic rings. The number of ether oxygens (including phenoxy) is 2. The molecule has 2 amide bonds. The Kier molecular flexibility index (Phi) is 6.59. The van der Waals surface area contributed by atoms with Crippen molar-refractivity contribution < 1.29 is 23.5 Å². The van der Waals surface area contributed by atoms with Crippen molar-refractivity contribution in [1.29, 1.82) is 0 Å². The number of anilines is 1. The van der Waals surface area contributed by atoms with Gasteiger partial charge in [0.1, 0.15) is 5.82 Å². The van der Waals surface area contributed by atoms with E-state index in [0.717, 1.165) is 4.90 Å². The van der Waals surface area contributed by atoms with E-state index in [0.29, 0.717) is 46.6 Å². The van der Waals surface area contributed by atoms with Crippen LogP contribution in [0.1, 0.15) is 26.3 Å². The molecule has 0 unspecified atom stereocenters. The standard InChI is InChI=1S/C22H22FNO4S/c1-4-27-17-12-11-16(13-18(17)28-5-2)24-21(25)19(20(22(24)26)29-6-3)14-7-9-15(23)10-8-14/h7-13H,4-6H2,1-3H3. The number of benzene rings is 2. The molecular formula is C22H22FNO4S. The molecule has 0 aromatic heterocycles. The van der Waals surface area contributed by atoms with Crippen molar-refractivity contribution in [3.8, 4) is 11.5 Å². The van der Waals surface area contributed by atoms with Crippen molar-refractivity contribution in [3.63, 3.8) is 0 Å². The molecule has 0 saturated heterocycles. The number of amides is 2. The molecule has 2 aromatic carbocycles. The van der Waals surface area contributed by atoms with E-state index in [2.05, 4.69) is 0 Å². The molecule has 0 radical (unpaired) electrons. The highest BCUT2D eigenvalue weighted by atomic mass is 32.2. The van der Waals surface area contributed by atoms with Crippen LogP contribution < -0.4 is 14.4 Å². The quantitative estimate of drug-likeness (QED) is 0.587. The second kappa shape index (κ2) is 9.13. The zero-order valence-corrected chi connectivity index (χ0v) is 17.3. The number of halogens is 1. The molecule has 0 saturated carbocycles. The first-order chi connectivity index (χ1) is 14.0. The molecule has 152 valence electrons. The summed E-state index contributed by atoms with van der Waals surface area (Å²) in [6.07, 6.45) is 0. The third-order valence-electron chi connectivity index (χ3n) is 4.25. The van der Waals surface area contributed by atoms with Crippen LogP contribution in [0, 0.1) is 5.82 Å². The number of imide groups is 1. The predicted octanol–water partition coefficient (Wildman–Crippen LogP) is 4.66. The van der Waals surface area contributed by atoms with Crippen molar-refractivity contribution in [2.45, 2.75) is 20.8 Å². The van der Waals surface area contributed by atoms with Crippen LogP contribution in [0.5, 0.6) is 11.5 Å². The van der Waals surface area contributed by atoms with E-state index in [9.17, 15) is 14.0 Å². The molecule has 29 heavy (non-hydrogen) atoms. The van der Waals surface area contributed by atoms with Crippen LogP contribution in [0.2, 0.25) is 0 Å². The van der Waals surface area contributed by atoms with E-state index in [-0.39, 0.29) is 5.57 Å². The Morgan fingerprint density at radius 1 is 0.897 bits per heavy atom. The predicted molar refractivity (Wildman–Crippen MR) is 113 cm³/mol. The minimum atomic E-state index is -0.441. The van der Waals surface area contributed by atoms with E-state index < -0.39 is 17.6 Å². The topological polar surface area (TPSA) is 55.8 Å². The van der Waals surface area contributed by atoms with Gasteiger partial charge in [-0.2, -0.15) is 0 Å². The van der Waals surface area contributed by atoms with Gasteiger partial charge in [-0.3, -0.25) is 9.59 Å².